The fourth-order valence-corrected chi connectivity index (χ4v) is 1.58. The van der Waals surface area contributed by atoms with Crippen molar-refractivity contribution in [1.29, 1.82) is 0 Å². The second-order valence-corrected chi connectivity index (χ2v) is 4.00. The quantitative estimate of drug-likeness (QED) is 0.827. The number of benzene rings is 1. The average molecular weight is 299 g/mol. The molecule has 0 spiro atoms. The number of hydrogen-bond donors (Lipinski definition) is 2. The summed E-state index contributed by atoms with van der Waals surface area (Å²) in [6, 6.07) is 4.06. The van der Waals surface area contributed by atoms with Crippen molar-refractivity contribution in [1.82, 2.24) is 4.98 Å². The van der Waals surface area contributed by atoms with E-state index >= 15 is 0 Å². The highest BCUT2D eigenvalue weighted by molar-refractivity contribution is 6.00. The standard InChI is InChI=1S/C13H9F4N3O/c14-8-1-2-11(10(7-8)13(15,16)17)20-12(21)19-9-3-5-18-6-4-9/h1-7H,(H2,18,19,20,21). The van der Waals surface area contributed by atoms with Crippen molar-refractivity contribution < 1.29 is 22.4 Å². The Kier molecular flexibility index (Phi) is 4.06. The van der Waals surface area contributed by atoms with Gasteiger partial charge in [0.05, 0.1) is 11.3 Å². The van der Waals surface area contributed by atoms with Gasteiger partial charge in [-0.25, -0.2) is 9.18 Å². The Morgan fingerprint density at radius 2 is 1.71 bits per heavy atom. The number of anilines is 2. The number of nitrogens with one attached hydrogen (secondary N) is 2. The molecule has 21 heavy (non-hydrogen) atoms. The zero-order chi connectivity index (χ0) is 15.5. The maximum Gasteiger partial charge on any atom is 0.418 e. The van der Waals surface area contributed by atoms with Crippen molar-refractivity contribution in [3.8, 4) is 0 Å². The van der Waals surface area contributed by atoms with Crippen molar-refractivity contribution in [2.75, 3.05) is 10.6 Å². The van der Waals surface area contributed by atoms with Gasteiger partial charge >= 0.3 is 12.2 Å². The molecular formula is C13H9F4N3O. The largest absolute Gasteiger partial charge is 0.418 e. The Morgan fingerprint density at radius 1 is 1.05 bits per heavy atom. The number of aromatic nitrogens is 1. The van der Waals surface area contributed by atoms with Crippen LogP contribution in [0.15, 0.2) is 42.7 Å². The van der Waals surface area contributed by atoms with Crippen LogP contribution in [0.2, 0.25) is 0 Å². The van der Waals surface area contributed by atoms with Gasteiger partial charge in [-0.15, -0.1) is 0 Å². The number of alkyl halides is 3. The third-order valence-corrected chi connectivity index (χ3v) is 2.47. The molecule has 0 radical (unpaired) electrons. The van der Waals surface area contributed by atoms with Gasteiger partial charge in [0.25, 0.3) is 0 Å². The van der Waals surface area contributed by atoms with E-state index in [-0.39, 0.29) is 0 Å². The summed E-state index contributed by atoms with van der Waals surface area (Å²) < 4.78 is 51.2. The van der Waals surface area contributed by atoms with Gasteiger partial charge < -0.3 is 10.6 Å². The molecule has 2 aromatic rings. The van der Waals surface area contributed by atoms with E-state index in [2.05, 4.69) is 10.3 Å². The lowest BCUT2D eigenvalue weighted by Gasteiger charge is -2.14. The zero-order valence-corrected chi connectivity index (χ0v) is 10.4. The Hall–Kier alpha value is -2.64. The topological polar surface area (TPSA) is 54.0 Å². The van der Waals surface area contributed by atoms with Gasteiger partial charge in [0.2, 0.25) is 0 Å². The molecule has 2 N–H and O–H groups in total. The maximum atomic E-state index is 12.9. The van der Waals surface area contributed by atoms with Crippen LogP contribution in [0, 0.1) is 5.82 Å². The van der Waals surface area contributed by atoms with Crippen LogP contribution in [-0.4, -0.2) is 11.0 Å². The minimum atomic E-state index is -4.78. The van der Waals surface area contributed by atoms with Crippen LogP contribution in [0.5, 0.6) is 0 Å². The monoisotopic (exact) mass is 299 g/mol. The number of pyridine rings is 1. The van der Waals surface area contributed by atoms with Crippen LogP contribution < -0.4 is 10.6 Å². The minimum Gasteiger partial charge on any atom is -0.308 e. The molecule has 1 aromatic carbocycles. The Bertz CT molecular complexity index is 644. The SMILES string of the molecule is O=C(Nc1ccncc1)Nc1ccc(F)cc1C(F)(F)F. The minimum absolute atomic E-state index is 0.321. The highest BCUT2D eigenvalue weighted by Gasteiger charge is 2.34. The number of hydrogen-bond acceptors (Lipinski definition) is 2. The molecule has 110 valence electrons. The highest BCUT2D eigenvalue weighted by Crippen LogP contribution is 2.35. The Morgan fingerprint density at radius 3 is 2.33 bits per heavy atom. The molecule has 0 bridgehead atoms. The smallest absolute Gasteiger partial charge is 0.308 e. The lowest BCUT2D eigenvalue weighted by atomic mass is 10.1. The number of urea groups is 1. The molecule has 0 aliphatic rings. The molecule has 4 nitrogen and oxygen atoms in total. The van der Waals surface area contributed by atoms with Gasteiger partial charge in [-0.05, 0) is 30.3 Å². The van der Waals surface area contributed by atoms with Crippen molar-refractivity contribution in [3.05, 3.63) is 54.1 Å². The number of carbonyl (C=O) groups excluding carboxylic acids is 1. The zero-order valence-electron chi connectivity index (χ0n) is 10.4. The summed E-state index contributed by atoms with van der Waals surface area (Å²) in [6.45, 7) is 0. The van der Waals surface area contributed by atoms with Gasteiger partial charge in [0.1, 0.15) is 5.82 Å². The summed E-state index contributed by atoms with van der Waals surface area (Å²) in [5, 5.41) is 4.37. The second kappa shape index (κ2) is 5.78. The number of amides is 2. The van der Waals surface area contributed by atoms with Gasteiger partial charge in [-0.2, -0.15) is 13.2 Å². The highest BCUT2D eigenvalue weighted by atomic mass is 19.4. The number of halogens is 4. The second-order valence-electron chi connectivity index (χ2n) is 4.00. The fraction of sp³-hybridized carbons (Fsp3) is 0.0769. The van der Waals surface area contributed by atoms with Gasteiger partial charge in [0, 0.05) is 18.1 Å². The summed E-state index contributed by atoms with van der Waals surface area (Å²) in [5.74, 6) is -1.04. The van der Waals surface area contributed by atoms with Crippen LogP contribution in [0.4, 0.5) is 33.7 Å². The lowest BCUT2D eigenvalue weighted by molar-refractivity contribution is -0.137. The molecule has 2 rings (SSSR count). The third-order valence-electron chi connectivity index (χ3n) is 2.47. The van der Waals surface area contributed by atoms with Gasteiger partial charge in [-0.1, -0.05) is 0 Å². The molecule has 0 aliphatic carbocycles. The van der Waals surface area contributed by atoms with E-state index in [1.54, 1.807) is 0 Å². The van der Waals surface area contributed by atoms with E-state index in [1.807, 2.05) is 5.32 Å². The predicted molar refractivity (Wildman–Crippen MR) is 68.3 cm³/mol. The molecule has 0 saturated heterocycles. The van der Waals surface area contributed by atoms with E-state index in [9.17, 15) is 22.4 Å². The molecule has 0 atom stereocenters. The summed E-state index contributed by atoms with van der Waals surface area (Å²) in [4.78, 5) is 15.4. The van der Waals surface area contributed by atoms with E-state index in [1.165, 1.54) is 24.5 Å². The van der Waals surface area contributed by atoms with Crippen molar-refractivity contribution in [3.63, 3.8) is 0 Å². The van der Waals surface area contributed by atoms with E-state index < -0.39 is 29.3 Å². The van der Waals surface area contributed by atoms with Crippen molar-refractivity contribution >= 4 is 17.4 Å². The van der Waals surface area contributed by atoms with E-state index in [4.69, 9.17) is 0 Å². The maximum absolute atomic E-state index is 12.9. The molecule has 0 saturated carbocycles. The molecule has 1 heterocycles. The van der Waals surface area contributed by atoms with Crippen molar-refractivity contribution in [2.45, 2.75) is 6.18 Å². The third kappa shape index (κ3) is 3.91. The first-order valence-electron chi connectivity index (χ1n) is 5.71. The van der Waals surface area contributed by atoms with E-state index in [0.717, 1.165) is 12.1 Å². The van der Waals surface area contributed by atoms with Crippen LogP contribution in [0.25, 0.3) is 0 Å². The molecular weight excluding hydrogens is 290 g/mol. The number of carbonyl (C=O) groups is 1. The van der Waals surface area contributed by atoms with E-state index in [0.29, 0.717) is 11.8 Å². The summed E-state index contributed by atoms with van der Waals surface area (Å²) in [6.07, 6.45) is -1.95. The molecule has 0 aliphatic heterocycles. The van der Waals surface area contributed by atoms with Crippen LogP contribution in [0.3, 0.4) is 0 Å². The lowest BCUT2D eigenvalue weighted by Crippen LogP contribution is -2.22. The first-order valence-corrected chi connectivity index (χ1v) is 5.71. The summed E-state index contributed by atoms with van der Waals surface area (Å²) in [5.41, 5.74) is -1.43. The molecule has 0 unspecified atom stereocenters. The Labute approximate surface area is 116 Å². The normalized spacial score (nSPS) is 11.0. The van der Waals surface area contributed by atoms with Crippen LogP contribution in [0.1, 0.15) is 5.56 Å². The first kappa shape index (κ1) is 14.8. The molecule has 1 aromatic heterocycles. The summed E-state index contributed by atoms with van der Waals surface area (Å²) >= 11 is 0. The summed E-state index contributed by atoms with van der Waals surface area (Å²) in [7, 11) is 0. The molecule has 8 heteroatoms. The fourth-order valence-electron chi connectivity index (χ4n) is 1.58. The first-order chi connectivity index (χ1) is 9.86. The van der Waals surface area contributed by atoms with Crippen LogP contribution >= 0.6 is 0 Å². The number of rotatable bonds is 2. The Balaban J connectivity index is 2.18. The predicted octanol–water partition coefficient (Wildman–Crippen LogP) is 3.88. The molecule has 0 fully saturated rings. The van der Waals surface area contributed by atoms with Crippen LogP contribution in [-0.2, 0) is 6.18 Å². The van der Waals surface area contributed by atoms with Gasteiger partial charge in [0.15, 0.2) is 0 Å². The average Bonchev–Trinajstić information content (AvgIpc) is 2.40. The van der Waals surface area contributed by atoms with Gasteiger partial charge in [-0.3, -0.25) is 4.98 Å². The van der Waals surface area contributed by atoms with Crippen molar-refractivity contribution in [2.24, 2.45) is 0 Å². The molecule has 2 amide bonds. The number of nitrogens with zero attached hydrogens (tertiary/aromatic N) is 1.